The van der Waals surface area contributed by atoms with Gasteiger partial charge in [-0.1, -0.05) is 0 Å². The first-order chi connectivity index (χ1) is 9.30. The zero-order valence-corrected chi connectivity index (χ0v) is 13.0. The van der Waals surface area contributed by atoms with Crippen LogP contribution in [0.5, 0.6) is 0 Å². The number of thioether (sulfide) groups is 1. The number of nitrogens with one attached hydrogen (secondary N) is 1. The van der Waals surface area contributed by atoms with E-state index in [9.17, 15) is 4.79 Å². The van der Waals surface area contributed by atoms with Crippen molar-refractivity contribution in [3.8, 4) is 0 Å². The molecule has 0 radical (unpaired) electrons. The van der Waals surface area contributed by atoms with Crippen LogP contribution < -0.4 is 11.0 Å². The van der Waals surface area contributed by atoms with E-state index in [1.807, 2.05) is 27.7 Å². The summed E-state index contributed by atoms with van der Waals surface area (Å²) in [5, 5.41) is 12.3. The third-order valence-electron chi connectivity index (χ3n) is 2.82. The molecule has 0 saturated carbocycles. The molecule has 1 aromatic heterocycles. The van der Waals surface area contributed by atoms with Crippen molar-refractivity contribution >= 4 is 17.6 Å². The minimum absolute atomic E-state index is 0.0496. The van der Waals surface area contributed by atoms with Gasteiger partial charge in [0.15, 0.2) is 0 Å². The standard InChI is InChI=1S/C13H21N3O3S/c1-8-5-16(9-7-20-10(6-17)19-9)12(18)14-11(8)15-13(2,3)4/h5,9-10,17H,6-7H2,1-4H3,(H,14,15,18)/t9?,10-/m1/s1. The molecule has 1 fully saturated rings. The zero-order valence-electron chi connectivity index (χ0n) is 12.2. The number of aromatic nitrogens is 2. The Morgan fingerprint density at radius 2 is 2.30 bits per heavy atom. The maximum absolute atomic E-state index is 12.1. The summed E-state index contributed by atoms with van der Waals surface area (Å²) in [6, 6.07) is 0. The first-order valence-electron chi connectivity index (χ1n) is 6.56. The van der Waals surface area contributed by atoms with Crippen LogP contribution in [0.1, 0.15) is 32.6 Å². The number of aryl methyl sites for hydroxylation is 1. The summed E-state index contributed by atoms with van der Waals surface area (Å²) in [6.45, 7) is 7.90. The lowest BCUT2D eigenvalue weighted by molar-refractivity contribution is -0.00638. The molecule has 2 atom stereocenters. The van der Waals surface area contributed by atoms with Gasteiger partial charge in [0, 0.05) is 23.1 Å². The van der Waals surface area contributed by atoms with E-state index in [0.29, 0.717) is 11.6 Å². The molecule has 2 heterocycles. The molecule has 1 aliphatic rings. The van der Waals surface area contributed by atoms with E-state index < -0.39 is 0 Å². The van der Waals surface area contributed by atoms with Crippen molar-refractivity contribution in [1.29, 1.82) is 0 Å². The van der Waals surface area contributed by atoms with Gasteiger partial charge in [-0.25, -0.2) is 4.79 Å². The number of anilines is 1. The molecule has 6 nitrogen and oxygen atoms in total. The Morgan fingerprint density at radius 1 is 1.60 bits per heavy atom. The SMILES string of the molecule is Cc1cn(C2CS[C@H](CO)O2)c(=O)nc1NC(C)(C)C. The van der Waals surface area contributed by atoms with Crippen molar-refractivity contribution in [3.05, 3.63) is 22.2 Å². The van der Waals surface area contributed by atoms with Crippen molar-refractivity contribution in [2.75, 3.05) is 17.7 Å². The smallest absolute Gasteiger partial charge is 0.351 e. The van der Waals surface area contributed by atoms with Crippen LogP contribution in [0.25, 0.3) is 0 Å². The van der Waals surface area contributed by atoms with Crippen molar-refractivity contribution in [2.45, 2.75) is 44.9 Å². The molecule has 0 aliphatic carbocycles. The van der Waals surface area contributed by atoms with Crippen LogP contribution in [-0.2, 0) is 4.74 Å². The maximum atomic E-state index is 12.1. The lowest BCUT2D eigenvalue weighted by Gasteiger charge is -2.23. The number of aliphatic hydroxyl groups is 1. The van der Waals surface area contributed by atoms with Gasteiger partial charge in [0.05, 0.1) is 6.61 Å². The number of rotatable bonds is 3. The average Bonchev–Trinajstić information content (AvgIpc) is 2.80. The van der Waals surface area contributed by atoms with Crippen LogP contribution in [0.2, 0.25) is 0 Å². The topological polar surface area (TPSA) is 76.4 Å². The second-order valence-corrected chi connectivity index (χ2v) is 7.07. The number of ether oxygens (including phenoxy) is 1. The molecule has 0 aromatic carbocycles. The summed E-state index contributed by atoms with van der Waals surface area (Å²) in [5.41, 5.74) is 0.129. The van der Waals surface area contributed by atoms with E-state index in [4.69, 9.17) is 9.84 Å². The van der Waals surface area contributed by atoms with Gasteiger partial charge < -0.3 is 15.2 Å². The maximum Gasteiger partial charge on any atom is 0.351 e. The normalized spacial score (nSPS) is 23.1. The Kier molecular flexibility index (Phi) is 4.41. The van der Waals surface area contributed by atoms with Crippen LogP contribution in [-0.4, -0.2) is 38.0 Å². The quantitative estimate of drug-likeness (QED) is 0.877. The highest BCUT2D eigenvalue weighted by atomic mass is 32.2. The fraction of sp³-hybridized carbons (Fsp3) is 0.692. The predicted molar refractivity (Wildman–Crippen MR) is 80.1 cm³/mol. The van der Waals surface area contributed by atoms with Crippen molar-refractivity contribution in [3.63, 3.8) is 0 Å². The van der Waals surface area contributed by atoms with Crippen LogP contribution >= 0.6 is 11.8 Å². The highest BCUT2D eigenvalue weighted by Crippen LogP contribution is 2.30. The van der Waals surface area contributed by atoms with E-state index in [-0.39, 0.29) is 29.5 Å². The van der Waals surface area contributed by atoms with E-state index >= 15 is 0 Å². The van der Waals surface area contributed by atoms with Crippen LogP contribution in [0, 0.1) is 6.92 Å². The fourth-order valence-corrected chi connectivity index (χ4v) is 2.87. The Bertz CT molecular complexity index is 539. The van der Waals surface area contributed by atoms with Gasteiger partial charge >= 0.3 is 5.69 Å². The van der Waals surface area contributed by atoms with Gasteiger partial charge in [-0.2, -0.15) is 4.98 Å². The van der Waals surface area contributed by atoms with E-state index in [0.717, 1.165) is 5.56 Å². The second kappa shape index (κ2) is 5.75. The molecule has 1 aromatic rings. The van der Waals surface area contributed by atoms with Gasteiger partial charge in [-0.15, -0.1) is 11.8 Å². The summed E-state index contributed by atoms with van der Waals surface area (Å²) >= 11 is 1.50. The number of hydrogen-bond acceptors (Lipinski definition) is 6. The molecule has 0 spiro atoms. The molecule has 0 amide bonds. The first kappa shape index (κ1) is 15.3. The second-order valence-electron chi connectivity index (χ2n) is 5.87. The molecule has 1 unspecified atom stereocenters. The van der Waals surface area contributed by atoms with E-state index in [1.165, 1.54) is 16.3 Å². The minimum atomic E-state index is -0.362. The Hall–Kier alpha value is -1.05. The number of aliphatic hydroxyl groups excluding tert-OH is 1. The summed E-state index contributed by atoms with van der Waals surface area (Å²) in [6.07, 6.45) is 1.40. The molecular formula is C13H21N3O3S. The highest BCUT2D eigenvalue weighted by Gasteiger charge is 2.28. The predicted octanol–water partition coefficient (Wildman–Crippen LogP) is 1.34. The van der Waals surface area contributed by atoms with Crippen molar-refractivity contribution in [1.82, 2.24) is 9.55 Å². The fourth-order valence-electron chi connectivity index (χ4n) is 1.94. The first-order valence-corrected chi connectivity index (χ1v) is 7.61. The molecule has 2 rings (SSSR count). The Balaban J connectivity index is 2.25. The van der Waals surface area contributed by atoms with Gasteiger partial charge in [0.2, 0.25) is 0 Å². The van der Waals surface area contributed by atoms with E-state index in [1.54, 1.807) is 6.20 Å². The van der Waals surface area contributed by atoms with Crippen LogP contribution in [0.4, 0.5) is 5.82 Å². The molecule has 1 aliphatic heterocycles. The molecular weight excluding hydrogens is 278 g/mol. The number of hydrogen-bond donors (Lipinski definition) is 2. The molecule has 7 heteroatoms. The largest absolute Gasteiger partial charge is 0.393 e. The third-order valence-corrected chi connectivity index (χ3v) is 3.93. The molecule has 0 bridgehead atoms. The summed E-state index contributed by atoms with van der Waals surface area (Å²) in [4.78, 5) is 16.2. The Morgan fingerprint density at radius 3 is 2.85 bits per heavy atom. The zero-order chi connectivity index (χ0) is 14.9. The van der Waals surface area contributed by atoms with Gasteiger partial charge in [-0.3, -0.25) is 4.57 Å². The average molecular weight is 299 g/mol. The molecule has 112 valence electrons. The summed E-state index contributed by atoms with van der Waals surface area (Å²) < 4.78 is 7.08. The lowest BCUT2D eigenvalue weighted by atomic mass is 10.1. The third kappa shape index (κ3) is 3.53. The van der Waals surface area contributed by atoms with Crippen LogP contribution in [0.3, 0.4) is 0 Å². The lowest BCUT2D eigenvalue weighted by Crippen LogP contribution is -2.33. The number of nitrogens with zero attached hydrogens (tertiary/aromatic N) is 2. The van der Waals surface area contributed by atoms with Crippen molar-refractivity contribution in [2.24, 2.45) is 0 Å². The summed E-state index contributed by atoms with van der Waals surface area (Å²) in [7, 11) is 0. The van der Waals surface area contributed by atoms with Gasteiger partial charge in [0.1, 0.15) is 17.5 Å². The Labute approximate surface area is 122 Å². The van der Waals surface area contributed by atoms with Gasteiger partial charge in [-0.05, 0) is 27.7 Å². The molecule has 1 saturated heterocycles. The van der Waals surface area contributed by atoms with Crippen LogP contribution in [0.15, 0.2) is 11.0 Å². The highest BCUT2D eigenvalue weighted by molar-refractivity contribution is 8.00. The van der Waals surface area contributed by atoms with E-state index in [2.05, 4.69) is 10.3 Å². The van der Waals surface area contributed by atoms with Gasteiger partial charge in [0.25, 0.3) is 0 Å². The summed E-state index contributed by atoms with van der Waals surface area (Å²) in [5.74, 6) is 1.24. The van der Waals surface area contributed by atoms with Crippen molar-refractivity contribution < 1.29 is 9.84 Å². The molecule has 2 N–H and O–H groups in total. The molecule has 20 heavy (non-hydrogen) atoms. The minimum Gasteiger partial charge on any atom is -0.393 e. The monoisotopic (exact) mass is 299 g/mol.